The number of nitrogens with one attached hydrogen (secondary N) is 1. The van der Waals surface area contributed by atoms with E-state index in [1.54, 1.807) is 0 Å². The van der Waals surface area contributed by atoms with E-state index in [1.807, 2.05) is 18.2 Å². The molecule has 2 rings (SSSR count). The van der Waals surface area contributed by atoms with Crippen molar-refractivity contribution in [2.75, 3.05) is 5.88 Å². The maximum Gasteiger partial charge on any atom is 0.0637 e. The largest absolute Gasteiger partial charge is 0.310 e. The van der Waals surface area contributed by atoms with E-state index in [1.165, 1.54) is 19.3 Å². The van der Waals surface area contributed by atoms with Crippen LogP contribution >= 0.6 is 34.8 Å². The fourth-order valence-corrected chi connectivity index (χ4v) is 3.17. The average Bonchev–Trinajstić information content (AvgIpc) is 2.78. The second kappa shape index (κ2) is 6.29. The lowest BCUT2D eigenvalue weighted by molar-refractivity contribution is 0.430. The van der Waals surface area contributed by atoms with Crippen molar-refractivity contribution in [2.24, 2.45) is 5.92 Å². The summed E-state index contributed by atoms with van der Waals surface area (Å²) in [6.07, 6.45) is 3.69. The number of alkyl halides is 1. The van der Waals surface area contributed by atoms with Gasteiger partial charge in [0.05, 0.1) is 10.0 Å². The van der Waals surface area contributed by atoms with E-state index in [2.05, 4.69) is 5.32 Å². The van der Waals surface area contributed by atoms with Gasteiger partial charge in [-0.3, -0.25) is 0 Å². The molecule has 2 unspecified atom stereocenters. The van der Waals surface area contributed by atoms with E-state index < -0.39 is 0 Å². The lowest BCUT2D eigenvalue weighted by Gasteiger charge is -2.19. The molecule has 1 N–H and O–H groups in total. The summed E-state index contributed by atoms with van der Waals surface area (Å²) in [5.74, 6) is 1.33. The van der Waals surface area contributed by atoms with Crippen molar-refractivity contribution >= 4 is 34.8 Å². The molecule has 1 aromatic carbocycles. The molecular weight excluding hydrogens is 277 g/mol. The van der Waals surface area contributed by atoms with Crippen LogP contribution < -0.4 is 5.32 Å². The maximum atomic E-state index is 6.15. The average molecular weight is 293 g/mol. The molecule has 0 amide bonds. The van der Waals surface area contributed by atoms with Crippen LogP contribution in [-0.2, 0) is 6.54 Å². The van der Waals surface area contributed by atoms with Crippen molar-refractivity contribution in [1.29, 1.82) is 0 Å². The lowest BCUT2D eigenvalue weighted by atomic mass is 10.1. The van der Waals surface area contributed by atoms with E-state index in [0.29, 0.717) is 22.0 Å². The van der Waals surface area contributed by atoms with Gasteiger partial charge >= 0.3 is 0 Å². The Labute approximate surface area is 117 Å². The van der Waals surface area contributed by atoms with Gasteiger partial charge in [0.25, 0.3) is 0 Å². The highest BCUT2D eigenvalue weighted by molar-refractivity contribution is 6.42. The van der Waals surface area contributed by atoms with Gasteiger partial charge in [-0.1, -0.05) is 41.8 Å². The second-order valence-electron chi connectivity index (χ2n) is 4.55. The number of benzene rings is 1. The third kappa shape index (κ3) is 3.29. The Kier molecular flexibility index (Phi) is 4.98. The molecule has 1 saturated carbocycles. The van der Waals surface area contributed by atoms with Crippen LogP contribution in [0.1, 0.15) is 24.8 Å². The van der Waals surface area contributed by atoms with Crippen molar-refractivity contribution in [2.45, 2.75) is 31.8 Å². The number of hydrogen-bond donors (Lipinski definition) is 1. The summed E-state index contributed by atoms with van der Waals surface area (Å²) in [5, 5.41) is 4.81. The van der Waals surface area contributed by atoms with E-state index in [4.69, 9.17) is 34.8 Å². The van der Waals surface area contributed by atoms with Gasteiger partial charge in [0, 0.05) is 18.5 Å². The molecule has 1 aliphatic rings. The summed E-state index contributed by atoms with van der Waals surface area (Å²) in [6, 6.07) is 6.26. The molecule has 94 valence electrons. The lowest BCUT2D eigenvalue weighted by Crippen LogP contribution is -2.32. The van der Waals surface area contributed by atoms with Crippen LogP contribution in [-0.4, -0.2) is 11.9 Å². The summed E-state index contributed by atoms with van der Waals surface area (Å²) >= 11 is 18.1. The molecule has 17 heavy (non-hydrogen) atoms. The predicted molar refractivity (Wildman–Crippen MR) is 75.2 cm³/mol. The second-order valence-corrected chi connectivity index (χ2v) is 5.64. The third-order valence-corrected chi connectivity index (χ3v) is 4.70. The molecule has 0 heterocycles. The molecule has 1 fully saturated rings. The minimum absolute atomic E-state index is 0.516. The van der Waals surface area contributed by atoms with Crippen molar-refractivity contribution in [1.82, 2.24) is 5.32 Å². The molecule has 4 heteroatoms. The van der Waals surface area contributed by atoms with Crippen LogP contribution in [0.15, 0.2) is 18.2 Å². The first kappa shape index (κ1) is 13.5. The summed E-state index contributed by atoms with van der Waals surface area (Å²) in [6.45, 7) is 0.761. The zero-order valence-electron chi connectivity index (χ0n) is 9.56. The molecule has 1 nitrogen and oxygen atoms in total. The third-order valence-electron chi connectivity index (χ3n) is 3.44. The Morgan fingerprint density at radius 2 is 2.06 bits per heavy atom. The molecule has 0 aromatic heterocycles. The maximum absolute atomic E-state index is 6.15. The monoisotopic (exact) mass is 291 g/mol. The van der Waals surface area contributed by atoms with Gasteiger partial charge in [-0.15, -0.1) is 11.6 Å². The molecule has 0 spiro atoms. The fraction of sp³-hybridized carbons (Fsp3) is 0.538. The number of rotatable bonds is 4. The first-order valence-electron chi connectivity index (χ1n) is 5.94. The molecule has 1 aliphatic carbocycles. The zero-order chi connectivity index (χ0) is 12.3. The Morgan fingerprint density at radius 1 is 1.24 bits per heavy atom. The predicted octanol–water partition coefficient (Wildman–Crippen LogP) is 4.49. The Bertz CT molecular complexity index is 381. The van der Waals surface area contributed by atoms with Gasteiger partial charge in [0.2, 0.25) is 0 Å². The van der Waals surface area contributed by atoms with Crippen molar-refractivity contribution in [3.8, 4) is 0 Å². The minimum atomic E-state index is 0.516. The van der Waals surface area contributed by atoms with E-state index in [-0.39, 0.29) is 0 Å². The van der Waals surface area contributed by atoms with Crippen LogP contribution in [0.4, 0.5) is 0 Å². The Morgan fingerprint density at radius 3 is 2.82 bits per heavy atom. The van der Waals surface area contributed by atoms with Gasteiger partial charge in [0.1, 0.15) is 0 Å². The first-order chi connectivity index (χ1) is 8.22. The van der Waals surface area contributed by atoms with E-state index in [0.717, 1.165) is 18.0 Å². The Hall–Kier alpha value is 0.0500. The SMILES string of the molecule is ClCC1CCCC1NCc1cccc(Cl)c1Cl. The fourth-order valence-electron chi connectivity index (χ4n) is 2.42. The summed E-state index contributed by atoms with van der Waals surface area (Å²) < 4.78 is 0. The van der Waals surface area contributed by atoms with Crippen LogP contribution in [0.25, 0.3) is 0 Å². The molecule has 0 radical (unpaired) electrons. The van der Waals surface area contributed by atoms with Gasteiger partial charge in [0.15, 0.2) is 0 Å². The number of hydrogen-bond acceptors (Lipinski definition) is 1. The van der Waals surface area contributed by atoms with Crippen LogP contribution in [0.3, 0.4) is 0 Å². The molecule has 2 atom stereocenters. The van der Waals surface area contributed by atoms with Crippen molar-refractivity contribution in [3.05, 3.63) is 33.8 Å². The van der Waals surface area contributed by atoms with Crippen LogP contribution in [0.2, 0.25) is 10.0 Å². The highest BCUT2D eigenvalue weighted by Gasteiger charge is 2.25. The van der Waals surface area contributed by atoms with E-state index in [9.17, 15) is 0 Å². The summed E-state index contributed by atoms with van der Waals surface area (Å²) in [7, 11) is 0. The zero-order valence-corrected chi connectivity index (χ0v) is 11.8. The van der Waals surface area contributed by atoms with Crippen LogP contribution in [0, 0.1) is 5.92 Å². The normalized spacial score (nSPS) is 24.2. The van der Waals surface area contributed by atoms with Gasteiger partial charge in [-0.2, -0.15) is 0 Å². The minimum Gasteiger partial charge on any atom is -0.310 e. The Balaban J connectivity index is 1.95. The van der Waals surface area contributed by atoms with E-state index >= 15 is 0 Å². The summed E-state index contributed by atoms with van der Waals surface area (Å²) in [4.78, 5) is 0. The molecule has 0 saturated heterocycles. The van der Waals surface area contributed by atoms with Crippen molar-refractivity contribution in [3.63, 3.8) is 0 Å². The topological polar surface area (TPSA) is 12.0 Å². The number of halogens is 3. The molecule has 1 aromatic rings. The van der Waals surface area contributed by atoms with Gasteiger partial charge in [-0.05, 0) is 30.4 Å². The van der Waals surface area contributed by atoms with Gasteiger partial charge < -0.3 is 5.32 Å². The summed E-state index contributed by atoms with van der Waals surface area (Å²) in [5.41, 5.74) is 1.05. The molecule has 0 aliphatic heterocycles. The highest BCUT2D eigenvalue weighted by atomic mass is 35.5. The smallest absolute Gasteiger partial charge is 0.0637 e. The molecule has 0 bridgehead atoms. The highest BCUT2D eigenvalue weighted by Crippen LogP contribution is 2.29. The quantitative estimate of drug-likeness (QED) is 0.806. The van der Waals surface area contributed by atoms with Crippen LogP contribution in [0.5, 0.6) is 0 Å². The first-order valence-corrected chi connectivity index (χ1v) is 7.23. The molecular formula is C13H16Cl3N. The van der Waals surface area contributed by atoms with Crippen molar-refractivity contribution < 1.29 is 0 Å². The standard InChI is InChI=1S/C13H16Cl3N/c14-7-9-3-2-6-12(9)17-8-10-4-1-5-11(15)13(10)16/h1,4-5,9,12,17H,2-3,6-8H2. The van der Waals surface area contributed by atoms with Gasteiger partial charge in [-0.25, -0.2) is 0 Å².